The normalized spacial score (nSPS) is 18.6. The van der Waals surface area contributed by atoms with Crippen molar-refractivity contribution in [1.29, 1.82) is 0 Å². The van der Waals surface area contributed by atoms with E-state index in [1.807, 2.05) is 18.7 Å². The number of nitrogens with zero attached hydrogens (tertiary/aromatic N) is 2. The molecule has 0 aliphatic carbocycles. The van der Waals surface area contributed by atoms with Gasteiger partial charge in [-0.2, -0.15) is 11.8 Å². The Hall–Kier alpha value is -0.910. The maximum absolute atomic E-state index is 11.5. The third-order valence-electron chi connectivity index (χ3n) is 2.97. The van der Waals surface area contributed by atoms with E-state index in [-0.39, 0.29) is 11.9 Å². The highest BCUT2D eigenvalue weighted by Crippen LogP contribution is 2.08. The molecule has 0 saturated carbocycles. The number of guanidine groups is 1. The molecule has 5 nitrogen and oxygen atoms in total. The Kier molecular flexibility index (Phi) is 6.93. The fourth-order valence-electron chi connectivity index (χ4n) is 1.61. The van der Waals surface area contributed by atoms with E-state index in [0.29, 0.717) is 18.9 Å². The largest absolute Gasteiger partial charge is 0.370 e. The van der Waals surface area contributed by atoms with Gasteiger partial charge < -0.3 is 16.0 Å². The lowest BCUT2D eigenvalue weighted by Crippen LogP contribution is -2.42. The number of carbonyl (C=O) groups is 1. The zero-order chi connectivity index (χ0) is 13.4. The first-order chi connectivity index (χ1) is 8.63. The molecule has 1 amide bonds. The Labute approximate surface area is 114 Å². The molecule has 6 heteroatoms. The van der Waals surface area contributed by atoms with Crippen LogP contribution in [0.5, 0.6) is 0 Å². The second-order valence-electron chi connectivity index (χ2n) is 4.47. The van der Waals surface area contributed by atoms with Crippen molar-refractivity contribution in [2.75, 3.05) is 31.1 Å². The quantitative estimate of drug-likeness (QED) is 0.569. The maximum atomic E-state index is 11.5. The average Bonchev–Trinajstić information content (AvgIpc) is 2.39. The van der Waals surface area contributed by atoms with Crippen LogP contribution in [0.2, 0.25) is 0 Å². The second-order valence-corrected chi connectivity index (χ2v) is 5.69. The first-order valence-corrected chi connectivity index (χ1v) is 7.71. The first-order valence-electron chi connectivity index (χ1n) is 6.55. The molecule has 0 bridgehead atoms. The molecular weight excluding hydrogens is 248 g/mol. The first kappa shape index (κ1) is 15.1. The Morgan fingerprint density at radius 3 is 2.78 bits per heavy atom. The fourth-order valence-corrected chi connectivity index (χ4v) is 2.52. The van der Waals surface area contributed by atoms with E-state index < -0.39 is 0 Å². The van der Waals surface area contributed by atoms with Crippen LogP contribution in [0.4, 0.5) is 0 Å². The number of nitrogens with one attached hydrogen (secondary N) is 1. The number of thioether (sulfide) groups is 1. The summed E-state index contributed by atoms with van der Waals surface area (Å²) in [7, 11) is 0. The Bertz CT molecular complexity index is 290. The Morgan fingerprint density at radius 2 is 2.17 bits per heavy atom. The van der Waals surface area contributed by atoms with Gasteiger partial charge in [0.15, 0.2) is 5.96 Å². The minimum Gasteiger partial charge on any atom is -0.370 e. The van der Waals surface area contributed by atoms with Gasteiger partial charge in [0.2, 0.25) is 5.91 Å². The molecule has 1 aliphatic rings. The van der Waals surface area contributed by atoms with Crippen LogP contribution in [0.3, 0.4) is 0 Å². The average molecular weight is 272 g/mol. The summed E-state index contributed by atoms with van der Waals surface area (Å²) in [5.41, 5.74) is 5.90. The highest BCUT2D eigenvalue weighted by molar-refractivity contribution is 7.99. The lowest BCUT2D eigenvalue weighted by molar-refractivity contribution is -0.121. The van der Waals surface area contributed by atoms with Crippen molar-refractivity contribution in [2.24, 2.45) is 10.7 Å². The number of hydrogen-bond acceptors (Lipinski definition) is 3. The SMILES string of the molecule is CCC(C)NC(=O)CCN=C(N)N1CCSCC1. The summed E-state index contributed by atoms with van der Waals surface area (Å²) in [5.74, 6) is 2.83. The van der Waals surface area contributed by atoms with E-state index in [1.165, 1.54) is 0 Å². The van der Waals surface area contributed by atoms with E-state index in [9.17, 15) is 4.79 Å². The molecule has 1 unspecified atom stereocenters. The van der Waals surface area contributed by atoms with Crippen LogP contribution < -0.4 is 11.1 Å². The molecule has 104 valence electrons. The highest BCUT2D eigenvalue weighted by atomic mass is 32.2. The van der Waals surface area contributed by atoms with Crippen molar-refractivity contribution in [3.05, 3.63) is 0 Å². The molecule has 1 aliphatic heterocycles. The van der Waals surface area contributed by atoms with Gasteiger partial charge in [-0.25, -0.2) is 0 Å². The smallest absolute Gasteiger partial charge is 0.222 e. The monoisotopic (exact) mass is 272 g/mol. The molecular formula is C12H24N4OS. The van der Waals surface area contributed by atoms with Gasteiger partial charge in [0, 0.05) is 37.1 Å². The van der Waals surface area contributed by atoms with Crippen molar-refractivity contribution in [3.8, 4) is 0 Å². The van der Waals surface area contributed by atoms with Gasteiger partial charge in [0.1, 0.15) is 0 Å². The number of carbonyl (C=O) groups excluding carboxylic acids is 1. The summed E-state index contributed by atoms with van der Waals surface area (Å²) in [6, 6.07) is 0.234. The summed E-state index contributed by atoms with van der Waals surface area (Å²) in [4.78, 5) is 17.9. The molecule has 1 fully saturated rings. The minimum absolute atomic E-state index is 0.0510. The molecule has 0 aromatic heterocycles. The third-order valence-corrected chi connectivity index (χ3v) is 3.91. The molecule has 1 heterocycles. The van der Waals surface area contributed by atoms with Crippen molar-refractivity contribution < 1.29 is 4.79 Å². The predicted octanol–water partition coefficient (Wildman–Crippen LogP) is 0.655. The number of aliphatic imine (C=N–C) groups is 1. The van der Waals surface area contributed by atoms with Crippen LogP contribution in [0.1, 0.15) is 26.7 Å². The van der Waals surface area contributed by atoms with Gasteiger partial charge in [-0.1, -0.05) is 6.92 Å². The zero-order valence-electron chi connectivity index (χ0n) is 11.3. The second kappa shape index (κ2) is 8.24. The van der Waals surface area contributed by atoms with E-state index in [0.717, 1.165) is 31.0 Å². The van der Waals surface area contributed by atoms with Crippen LogP contribution in [0, 0.1) is 0 Å². The summed E-state index contributed by atoms with van der Waals surface area (Å²) in [6.07, 6.45) is 1.36. The van der Waals surface area contributed by atoms with Gasteiger partial charge in [-0.15, -0.1) is 0 Å². The predicted molar refractivity (Wildman–Crippen MR) is 77.9 cm³/mol. The topological polar surface area (TPSA) is 70.7 Å². The van der Waals surface area contributed by atoms with Crippen LogP contribution >= 0.6 is 11.8 Å². The van der Waals surface area contributed by atoms with Crippen LogP contribution in [0.15, 0.2) is 4.99 Å². The lowest BCUT2D eigenvalue weighted by atomic mass is 10.2. The Balaban J connectivity index is 2.24. The number of amides is 1. The van der Waals surface area contributed by atoms with Gasteiger partial charge >= 0.3 is 0 Å². The van der Waals surface area contributed by atoms with Gasteiger partial charge in [0.05, 0.1) is 6.54 Å². The van der Waals surface area contributed by atoms with E-state index in [4.69, 9.17) is 5.73 Å². The summed E-state index contributed by atoms with van der Waals surface area (Å²) in [5, 5.41) is 2.92. The zero-order valence-corrected chi connectivity index (χ0v) is 12.1. The molecule has 1 saturated heterocycles. The number of hydrogen-bond donors (Lipinski definition) is 2. The summed E-state index contributed by atoms with van der Waals surface area (Å²) < 4.78 is 0. The Morgan fingerprint density at radius 1 is 1.50 bits per heavy atom. The standard InChI is InChI=1S/C12H24N4OS/c1-3-10(2)15-11(17)4-5-14-12(13)16-6-8-18-9-7-16/h10H,3-9H2,1-2H3,(H2,13,14)(H,15,17). The van der Waals surface area contributed by atoms with Crippen molar-refractivity contribution >= 4 is 23.6 Å². The molecule has 0 aromatic rings. The molecule has 3 N–H and O–H groups in total. The lowest BCUT2D eigenvalue weighted by Gasteiger charge is -2.27. The fraction of sp³-hybridized carbons (Fsp3) is 0.833. The molecule has 18 heavy (non-hydrogen) atoms. The highest BCUT2D eigenvalue weighted by Gasteiger charge is 2.12. The molecule has 1 rings (SSSR count). The van der Waals surface area contributed by atoms with Crippen molar-refractivity contribution in [3.63, 3.8) is 0 Å². The third kappa shape index (κ3) is 5.62. The van der Waals surface area contributed by atoms with Crippen molar-refractivity contribution in [2.45, 2.75) is 32.7 Å². The van der Waals surface area contributed by atoms with Crippen LogP contribution in [-0.2, 0) is 4.79 Å². The number of nitrogens with two attached hydrogens (primary N) is 1. The molecule has 0 radical (unpaired) electrons. The summed E-state index contributed by atoms with van der Waals surface area (Å²) >= 11 is 1.94. The summed E-state index contributed by atoms with van der Waals surface area (Å²) in [6.45, 7) is 6.44. The van der Waals surface area contributed by atoms with Crippen LogP contribution in [-0.4, -0.2) is 53.9 Å². The van der Waals surface area contributed by atoms with Crippen LogP contribution in [0.25, 0.3) is 0 Å². The van der Waals surface area contributed by atoms with E-state index >= 15 is 0 Å². The maximum Gasteiger partial charge on any atom is 0.222 e. The van der Waals surface area contributed by atoms with E-state index in [1.54, 1.807) is 0 Å². The molecule has 1 atom stereocenters. The van der Waals surface area contributed by atoms with Gasteiger partial charge in [0.25, 0.3) is 0 Å². The van der Waals surface area contributed by atoms with Gasteiger partial charge in [-0.3, -0.25) is 9.79 Å². The molecule has 0 aromatic carbocycles. The van der Waals surface area contributed by atoms with E-state index in [2.05, 4.69) is 22.1 Å². The van der Waals surface area contributed by atoms with Gasteiger partial charge in [-0.05, 0) is 13.3 Å². The minimum atomic E-state index is 0.0510. The van der Waals surface area contributed by atoms with Crippen molar-refractivity contribution in [1.82, 2.24) is 10.2 Å². The number of rotatable bonds is 5. The molecule has 0 spiro atoms.